The molecule has 0 fully saturated rings. The van der Waals surface area contributed by atoms with Gasteiger partial charge in [-0.15, -0.1) is 0 Å². The number of hydrogen-bond acceptors (Lipinski definition) is 3. The highest BCUT2D eigenvalue weighted by Crippen LogP contribution is 2.16. The van der Waals surface area contributed by atoms with E-state index in [1.165, 1.54) is 18.2 Å². The van der Waals surface area contributed by atoms with Crippen LogP contribution < -0.4 is 10.0 Å². The molecule has 0 heterocycles. The largest absolute Gasteiger partial charge is 0.316 e. The lowest BCUT2D eigenvalue weighted by molar-refractivity contribution is 0.533. The first-order valence-corrected chi connectivity index (χ1v) is 8.34. The number of benzene rings is 1. The van der Waals surface area contributed by atoms with Gasteiger partial charge < -0.3 is 5.32 Å². The Bertz CT molecular complexity index is 532. The highest BCUT2D eigenvalue weighted by atomic mass is 32.2. The summed E-state index contributed by atoms with van der Waals surface area (Å²) in [6.45, 7) is 4.19. The Morgan fingerprint density at radius 1 is 1.35 bits per heavy atom. The Balaban J connectivity index is 2.89. The second-order valence-electron chi connectivity index (χ2n) is 4.95. The third-order valence-corrected chi connectivity index (χ3v) is 4.63. The number of halogens is 1. The Kier molecular flexibility index (Phi) is 6.58. The van der Waals surface area contributed by atoms with E-state index in [4.69, 9.17) is 0 Å². The van der Waals surface area contributed by atoms with Crippen LogP contribution in [0.3, 0.4) is 0 Å². The predicted octanol–water partition coefficient (Wildman–Crippen LogP) is 2.40. The molecule has 0 radical (unpaired) electrons. The van der Waals surface area contributed by atoms with Crippen molar-refractivity contribution in [1.82, 2.24) is 10.0 Å². The molecule has 1 atom stereocenters. The van der Waals surface area contributed by atoms with E-state index >= 15 is 0 Å². The number of unbranched alkanes of at least 4 members (excludes halogenated alkanes) is 1. The van der Waals surface area contributed by atoms with Crippen molar-refractivity contribution < 1.29 is 12.8 Å². The van der Waals surface area contributed by atoms with Gasteiger partial charge in [0.05, 0.1) is 4.90 Å². The SMILES string of the molecule is CCCCC(C)NS(=O)(=O)c1ccc(F)c(CNC)c1. The van der Waals surface area contributed by atoms with Crippen LogP contribution >= 0.6 is 0 Å². The van der Waals surface area contributed by atoms with Gasteiger partial charge in [-0.1, -0.05) is 19.8 Å². The van der Waals surface area contributed by atoms with Gasteiger partial charge in [0.15, 0.2) is 0 Å². The van der Waals surface area contributed by atoms with Gasteiger partial charge in [0.1, 0.15) is 5.82 Å². The zero-order chi connectivity index (χ0) is 15.2. The Morgan fingerprint density at radius 3 is 2.65 bits per heavy atom. The lowest BCUT2D eigenvalue weighted by Crippen LogP contribution is -2.32. The lowest BCUT2D eigenvalue weighted by Gasteiger charge is -2.14. The van der Waals surface area contributed by atoms with Crippen molar-refractivity contribution in [3.63, 3.8) is 0 Å². The Hall–Kier alpha value is -0.980. The molecule has 0 bridgehead atoms. The molecule has 0 aliphatic heterocycles. The number of nitrogens with one attached hydrogen (secondary N) is 2. The molecule has 1 aromatic rings. The first kappa shape index (κ1) is 17.1. The zero-order valence-electron chi connectivity index (χ0n) is 12.2. The van der Waals surface area contributed by atoms with E-state index < -0.39 is 15.8 Å². The van der Waals surface area contributed by atoms with E-state index in [1.807, 2.05) is 6.92 Å². The number of rotatable bonds is 8. The lowest BCUT2D eigenvalue weighted by atomic mass is 10.2. The molecule has 1 aromatic carbocycles. The maximum Gasteiger partial charge on any atom is 0.240 e. The van der Waals surface area contributed by atoms with E-state index in [0.29, 0.717) is 12.1 Å². The van der Waals surface area contributed by atoms with E-state index in [9.17, 15) is 12.8 Å². The van der Waals surface area contributed by atoms with Gasteiger partial charge in [-0.2, -0.15) is 0 Å². The summed E-state index contributed by atoms with van der Waals surface area (Å²) in [6, 6.07) is 3.74. The van der Waals surface area contributed by atoms with Crippen molar-refractivity contribution in [2.45, 2.75) is 50.6 Å². The van der Waals surface area contributed by atoms with Gasteiger partial charge >= 0.3 is 0 Å². The molecule has 0 aliphatic rings. The smallest absolute Gasteiger partial charge is 0.240 e. The van der Waals surface area contributed by atoms with Crippen LogP contribution in [0, 0.1) is 5.82 Å². The van der Waals surface area contributed by atoms with Crippen LogP contribution in [0.15, 0.2) is 23.1 Å². The van der Waals surface area contributed by atoms with Crippen LogP contribution in [-0.4, -0.2) is 21.5 Å². The van der Waals surface area contributed by atoms with Gasteiger partial charge in [0.2, 0.25) is 10.0 Å². The van der Waals surface area contributed by atoms with Gasteiger partial charge in [-0.05, 0) is 38.6 Å². The molecule has 0 aliphatic carbocycles. The number of hydrogen-bond donors (Lipinski definition) is 2. The number of sulfonamides is 1. The second kappa shape index (κ2) is 7.71. The summed E-state index contributed by atoms with van der Waals surface area (Å²) < 4.78 is 40.6. The normalized spacial score (nSPS) is 13.4. The molecule has 0 spiro atoms. The standard InChI is InChI=1S/C14H23FN2O2S/c1-4-5-6-11(2)17-20(18,19)13-7-8-14(15)12(9-13)10-16-3/h7-9,11,16-17H,4-6,10H2,1-3H3. The van der Waals surface area contributed by atoms with E-state index in [0.717, 1.165) is 19.3 Å². The zero-order valence-corrected chi connectivity index (χ0v) is 13.1. The molecule has 114 valence electrons. The molecule has 0 amide bonds. The predicted molar refractivity (Wildman–Crippen MR) is 78.5 cm³/mol. The highest BCUT2D eigenvalue weighted by molar-refractivity contribution is 7.89. The molecule has 0 saturated heterocycles. The molecule has 20 heavy (non-hydrogen) atoms. The molecule has 0 saturated carbocycles. The van der Waals surface area contributed by atoms with E-state index in [2.05, 4.69) is 17.0 Å². The van der Waals surface area contributed by atoms with Crippen LogP contribution in [0.1, 0.15) is 38.7 Å². The summed E-state index contributed by atoms with van der Waals surface area (Å²) in [5, 5.41) is 2.82. The van der Waals surface area contributed by atoms with Gasteiger partial charge in [0, 0.05) is 18.2 Å². The van der Waals surface area contributed by atoms with Gasteiger partial charge in [0.25, 0.3) is 0 Å². The topological polar surface area (TPSA) is 58.2 Å². The highest BCUT2D eigenvalue weighted by Gasteiger charge is 2.18. The summed E-state index contributed by atoms with van der Waals surface area (Å²) in [6.07, 6.45) is 2.79. The molecule has 4 nitrogen and oxygen atoms in total. The van der Waals surface area contributed by atoms with Crippen LogP contribution in [0.4, 0.5) is 4.39 Å². The minimum Gasteiger partial charge on any atom is -0.316 e. The fourth-order valence-electron chi connectivity index (χ4n) is 1.95. The van der Waals surface area contributed by atoms with Crippen molar-refractivity contribution in [3.8, 4) is 0 Å². The molecule has 1 rings (SSSR count). The molecule has 6 heteroatoms. The van der Waals surface area contributed by atoms with Gasteiger partial charge in [-0.3, -0.25) is 0 Å². The first-order chi connectivity index (χ1) is 9.40. The summed E-state index contributed by atoms with van der Waals surface area (Å²) in [5.74, 6) is -0.405. The van der Waals surface area contributed by atoms with Crippen LogP contribution in [0.5, 0.6) is 0 Å². The van der Waals surface area contributed by atoms with Crippen LogP contribution in [0.2, 0.25) is 0 Å². The van der Waals surface area contributed by atoms with E-state index in [1.54, 1.807) is 7.05 Å². The van der Waals surface area contributed by atoms with Crippen molar-refractivity contribution in [1.29, 1.82) is 0 Å². The summed E-state index contributed by atoms with van der Waals surface area (Å²) in [5.41, 5.74) is 0.344. The molecule has 0 aromatic heterocycles. The van der Waals surface area contributed by atoms with Crippen molar-refractivity contribution in [2.75, 3.05) is 7.05 Å². The van der Waals surface area contributed by atoms with Crippen LogP contribution in [0.25, 0.3) is 0 Å². The maximum atomic E-state index is 13.5. The molecular formula is C14H23FN2O2S. The van der Waals surface area contributed by atoms with Crippen molar-refractivity contribution in [3.05, 3.63) is 29.6 Å². The fourth-order valence-corrected chi connectivity index (χ4v) is 3.27. The summed E-state index contributed by atoms with van der Waals surface area (Å²) >= 11 is 0. The molecule has 2 N–H and O–H groups in total. The Morgan fingerprint density at radius 2 is 2.05 bits per heavy atom. The minimum absolute atomic E-state index is 0.104. The maximum absolute atomic E-state index is 13.5. The summed E-state index contributed by atoms with van der Waals surface area (Å²) in [4.78, 5) is 0.104. The van der Waals surface area contributed by atoms with Gasteiger partial charge in [-0.25, -0.2) is 17.5 Å². The quantitative estimate of drug-likeness (QED) is 0.775. The first-order valence-electron chi connectivity index (χ1n) is 6.86. The second-order valence-corrected chi connectivity index (χ2v) is 6.66. The molecule has 1 unspecified atom stereocenters. The minimum atomic E-state index is -3.59. The third kappa shape index (κ3) is 4.85. The monoisotopic (exact) mass is 302 g/mol. The van der Waals surface area contributed by atoms with Crippen LogP contribution in [-0.2, 0) is 16.6 Å². The fraction of sp³-hybridized carbons (Fsp3) is 0.571. The summed E-state index contributed by atoms with van der Waals surface area (Å²) in [7, 11) is -1.91. The molecular weight excluding hydrogens is 279 g/mol. The average molecular weight is 302 g/mol. The van der Waals surface area contributed by atoms with E-state index in [-0.39, 0.29) is 10.9 Å². The third-order valence-electron chi connectivity index (χ3n) is 3.04. The van der Waals surface area contributed by atoms with Crippen molar-refractivity contribution in [2.24, 2.45) is 0 Å². The Labute approximate surface area is 120 Å². The van der Waals surface area contributed by atoms with Crippen molar-refractivity contribution >= 4 is 10.0 Å². The average Bonchev–Trinajstić information content (AvgIpc) is 2.38.